The Morgan fingerprint density at radius 1 is 1.20 bits per heavy atom. The van der Waals surface area contributed by atoms with E-state index in [1.54, 1.807) is 12.2 Å². The van der Waals surface area contributed by atoms with Crippen molar-refractivity contribution >= 4 is 39.2 Å². The number of anilines is 1. The Labute approximate surface area is 151 Å². The van der Waals surface area contributed by atoms with E-state index in [-0.39, 0.29) is 22.0 Å². The maximum absolute atomic E-state index is 12.5. The summed E-state index contributed by atoms with van der Waals surface area (Å²) in [5, 5.41) is 12.0. The number of nitrogens with one attached hydrogen (secondary N) is 1. The number of nitrogens with zero attached hydrogens (tertiary/aromatic N) is 1. The number of amides is 1. The number of aliphatic carboxylic acids is 1. The Balaban J connectivity index is 2.29. The van der Waals surface area contributed by atoms with Gasteiger partial charge in [-0.25, -0.2) is 12.7 Å². The van der Waals surface area contributed by atoms with Gasteiger partial charge in [0.2, 0.25) is 15.9 Å². The molecule has 2 rings (SSSR count). The highest BCUT2D eigenvalue weighted by molar-refractivity contribution is 7.89. The average molecular weight is 387 g/mol. The van der Waals surface area contributed by atoms with Crippen LogP contribution < -0.4 is 5.32 Å². The monoisotopic (exact) mass is 386 g/mol. The molecule has 0 unspecified atom stereocenters. The van der Waals surface area contributed by atoms with Crippen LogP contribution in [0.5, 0.6) is 0 Å². The number of hydrogen-bond donors (Lipinski definition) is 2. The number of allylic oxidation sites excluding steroid dienone is 2. The highest BCUT2D eigenvalue weighted by Gasteiger charge is 2.34. The molecule has 1 aromatic rings. The number of halogens is 1. The third-order valence-electron chi connectivity index (χ3n) is 4.06. The van der Waals surface area contributed by atoms with E-state index in [4.69, 9.17) is 11.6 Å². The molecule has 0 bridgehead atoms. The largest absolute Gasteiger partial charge is 0.481 e. The molecule has 0 heterocycles. The highest BCUT2D eigenvalue weighted by atomic mass is 35.5. The molecule has 0 saturated carbocycles. The summed E-state index contributed by atoms with van der Waals surface area (Å²) < 4.78 is 25.5. The summed E-state index contributed by atoms with van der Waals surface area (Å²) in [5.74, 6) is -3.11. The van der Waals surface area contributed by atoms with Crippen molar-refractivity contribution < 1.29 is 23.1 Å². The Morgan fingerprint density at radius 2 is 1.80 bits per heavy atom. The third-order valence-corrected chi connectivity index (χ3v) is 6.20. The quantitative estimate of drug-likeness (QED) is 0.755. The minimum atomic E-state index is -3.68. The van der Waals surface area contributed by atoms with Gasteiger partial charge < -0.3 is 10.4 Å². The fraction of sp³-hybridized carbons (Fsp3) is 0.375. The molecule has 0 spiro atoms. The molecule has 1 aromatic carbocycles. The van der Waals surface area contributed by atoms with E-state index < -0.39 is 33.7 Å². The first kappa shape index (κ1) is 19.4. The molecule has 2 N–H and O–H groups in total. The second kappa shape index (κ2) is 7.55. The fourth-order valence-electron chi connectivity index (χ4n) is 2.57. The van der Waals surface area contributed by atoms with Gasteiger partial charge in [-0.3, -0.25) is 9.59 Å². The van der Waals surface area contributed by atoms with Crippen LogP contribution in [0.4, 0.5) is 5.69 Å². The van der Waals surface area contributed by atoms with Gasteiger partial charge in [0, 0.05) is 14.1 Å². The zero-order chi connectivity index (χ0) is 18.8. The summed E-state index contributed by atoms with van der Waals surface area (Å²) >= 11 is 6.05. The molecule has 2 atom stereocenters. The van der Waals surface area contributed by atoms with Crippen molar-refractivity contribution in [1.82, 2.24) is 4.31 Å². The van der Waals surface area contributed by atoms with E-state index in [1.165, 1.54) is 32.3 Å². The van der Waals surface area contributed by atoms with E-state index in [2.05, 4.69) is 5.32 Å². The molecule has 9 heteroatoms. The molecule has 136 valence electrons. The lowest BCUT2D eigenvalue weighted by atomic mass is 9.82. The second-order valence-corrected chi connectivity index (χ2v) is 8.47. The van der Waals surface area contributed by atoms with Gasteiger partial charge in [0.1, 0.15) is 0 Å². The molecule has 7 nitrogen and oxygen atoms in total. The molecule has 25 heavy (non-hydrogen) atoms. The topological polar surface area (TPSA) is 104 Å². The maximum atomic E-state index is 12.5. The average Bonchev–Trinajstić information content (AvgIpc) is 2.56. The second-order valence-electron chi connectivity index (χ2n) is 5.91. The number of rotatable bonds is 5. The maximum Gasteiger partial charge on any atom is 0.307 e. The van der Waals surface area contributed by atoms with Gasteiger partial charge in [-0.1, -0.05) is 23.8 Å². The first-order valence-corrected chi connectivity index (χ1v) is 9.37. The number of carboxylic acid groups (broad SMARTS) is 1. The number of benzene rings is 1. The van der Waals surface area contributed by atoms with Crippen LogP contribution in [-0.4, -0.2) is 43.8 Å². The van der Waals surface area contributed by atoms with Gasteiger partial charge in [-0.2, -0.15) is 0 Å². The van der Waals surface area contributed by atoms with Crippen LogP contribution >= 0.6 is 11.6 Å². The predicted octanol–water partition coefficient (Wildman–Crippen LogP) is 2.20. The molecular weight excluding hydrogens is 368 g/mol. The molecule has 1 aliphatic carbocycles. The lowest BCUT2D eigenvalue weighted by molar-refractivity contribution is -0.146. The van der Waals surface area contributed by atoms with E-state index >= 15 is 0 Å². The zero-order valence-electron chi connectivity index (χ0n) is 13.8. The highest BCUT2D eigenvalue weighted by Crippen LogP contribution is 2.30. The van der Waals surface area contributed by atoms with Crippen LogP contribution in [-0.2, 0) is 19.6 Å². The van der Waals surface area contributed by atoms with Crippen molar-refractivity contribution in [2.75, 3.05) is 19.4 Å². The number of carboxylic acids is 1. The van der Waals surface area contributed by atoms with Crippen molar-refractivity contribution in [1.29, 1.82) is 0 Å². The van der Waals surface area contributed by atoms with Crippen LogP contribution in [0, 0.1) is 11.8 Å². The van der Waals surface area contributed by atoms with Crippen molar-refractivity contribution in [2.45, 2.75) is 17.7 Å². The minimum Gasteiger partial charge on any atom is -0.481 e. The van der Waals surface area contributed by atoms with Crippen LogP contribution in [0.3, 0.4) is 0 Å². The summed E-state index contributed by atoms with van der Waals surface area (Å²) in [6, 6.07) is 3.99. The van der Waals surface area contributed by atoms with Gasteiger partial charge in [-0.15, -0.1) is 0 Å². The first-order chi connectivity index (χ1) is 11.6. The molecule has 0 aliphatic heterocycles. The Bertz CT molecular complexity index is 820. The normalized spacial score (nSPS) is 20.5. The molecular formula is C16H19ClN2O5S. The van der Waals surface area contributed by atoms with E-state index in [1.807, 2.05) is 0 Å². The minimum absolute atomic E-state index is 0.0180. The Kier molecular flexibility index (Phi) is 5.87. The van der Waals surface area contributed by atoms with Crippen molar-refractivity contribution in [3.8, 4) is 0 Å². The van der Waals surface area contributed by atoms with Crippen molar-refractivity contribution in [2.24, 2.45) is 11.8 Å². The van der Waals surface area contributed by atoms with Gasteiger partial charge in [-0.05, 0) is 31.0 Å². The van der Waals surface area contributed by atoms with Crippen molar-refractivity contribution in [3.05, 3.63) is 35.4 Å². The molecule has 0 radical (unpaired) electrons. The summed E-state index contributed by atoms with van der Waals surface area (Å²) in [7, 11) is -0.889. The molecule has 1 amide bonds. The number of carbonyl (C=O) groups excluding carboxylic acids is 1. The van der Waals surface area contributed by atoms with Crippen LogP contribution in [0.1, 0.15) is 12.8 Å². The summed E-state index contributed by atoms with van der Waals surface area (Å²) in [6.45, 7) is 0. The smallest absolute Gasteiger partial charge is 0.307 e. The summed E-state index contributed by atoms with van der Waals surface area (Å²) in [5.41, 5.74) is 0.133. The lowest BCUT2D eigenvalue weighted by Gasteiger charge is -2.24. The SMILES string of the molecule is CN(C)S(=O)(=O)c1ccc(Cl)c(NC(=O)[C@H]2CC=CC[C@H]2C(=O)O)c1. The lowest BCUT2D eigenvalue weighted by Crippen LogP contribution is -2.34. The summed E-state index contributed by atoms with van der Waals surface area (Å²) in [6.07, 6.45) is 4.07. The standard InChI is InChI=1S/C16H19ClN2O5S/c1-19(2)25(23,24)10-7-8-13(17)14(9-10)18-15(20)11-5-3-4-6-12(11)16(21)22/h3-4,7-9,11-12H,5-6H2,1-2H3,(H,18,20)(H,21,22)/t11-,12+/m0/s1. The van der Waals surface area contributed by atoms with E-state index in [9.17, 15) is 23.1 Å². The summed E-state index contributed by atoms with van der Waals surface area (Å²) in [4.78, 5) is 23.8. The Morgan fingerprint density at radius 3 is 2.36 bits per heavy atom. The molecule has 0 aromatic heterocycles. The first-order valence-electron chi connectivity index (χ1n) is 7.55. The van der Waals surface area contributed by atoms with Crippen LogP contribution in [0.15, 0.2) is 35.2 Å². The zero-order valence-corrected chi connectivity index (χ0v) is 15.3. The molecule has 0 saturated heterocycles. The van der Waals surface area contributed by atoms with Gasteiger partial charge in [0.15, 0.2) is 0 Å². The van der Waals surface area contributed by atoms with Gasteiger partial charge in [0.25, 0.3) is 0 Å². The number of carbonyl (C=O) groups is 2. The fourth-order valence-corrected chi connectivity index (χ4v) is 3.67. The third kappa shape index (κ3) is 4.20. The van der Waals surface area contributed by atoms with Crippen LogP contribution in [0.25, 0.3) is 0 Å². The van der Waals surface area contributed by atoms with Crippen LogP contribution in [0.2, 0.25) is 5.02 Å². The number of sulfonamides is 1. The Hall–Kier alpha value is -1.90. The van der Waals surface area contributed by atoms with E-state index in [0.29, 0.717) is 6.42 Å². The van der Waals surface area contributed by atoms with Gasteiger partial charge in [0.05, 0.1) is 27.4 Å². The van der Waals surface area contributed by atoms with E-state index in [0.717, 1.165) is 4.31 Å². The molecule has 1 aliphatic rings. The predicted molar refractivity (Wildman–Crippen MR) is 93.9 cm³/mol. The van der Waals surface area contributed by atoms with Crippen molar-refractivity contribution in [3.63, 3.8) is 0 Å². The number of hydrogen-bond acceptors (Lipinski definition) is 4. The molecule has 0 fully saturated rings. The van der Waals surface area contributed by atoms with Gasteiger partial charge >= 0.3 is 5.97 Å².